The number of carbonyl (C=O) groups is 2. The molecule has 4 aromatic rings. The number of nitrogens with one attached hydrogen (secondary N) is 3. The Bertz CT molecular complexity index is 1620. The van der Waals surface area contributed by atoms with E-state index in [2.05, 4.69) is 20.9 Å². The third-order valence-electron chi connectivity index (χ3n) is 6.79. The lowest BCUT2D eigenvalue weighted by Crippen LogP contribution is -2.35. The molecule has 0 unspecified atom stereocenters. The Morgan fingerprint density at radius 3 is 2.56 bits per heavy atom. The molecule has 3 N–H and O–H groups in total. The molecule has 2 aromatic carbocycles. The first-order chi connectivity index (χ1) is 19.9. The summed E-state index contributed by atoms with van der Waals surface area (Å²) in [6.07, 6.45) is 3.14. The van der Waals surface area contributed by atoms with Gasteiger partial charge in [0.1, 0.15) is 0 Å². The molecule has 3 heterocycles. The number of anilines is 2. The fourth-order valence-corrected chi connectivity index (χ4v) is 5.28. The lowest BCUT2D eigenvalue weighted by molar-refractivity contribution is -0.119. The number of pyridine rings is 2. The average molecular weight is 594 g/mol. The van der Waals surface area contributed by atoms with Crippen molar-refractivity contribution in [3.8, 4) is 28.3 Å². The number of aldehydes is 1. The Labute approximate surface area is 246 Å². The van der Waals surface area contributed by atoms with E-state index in [-0.39, 0.29) is 23.3 Å². The Hall–Kier alpha value is -4.05. The standard InChI is InChI=1S/C30H26Cl2FN5O3/c1-41-30-17(14-34-15-19-9-11-25(40)36-19)8-10-23(38-30)22-6-2-4-20(26(22)31)21-5-3-7-24(27(21)32)37-29-28(33)18(16-39)12-13-35-29/h2-8,10,12-13,16,19,34H,9,11,14-15H2,1H3,(H,35,37)(H,36,40)/t19-/m0/s1. The van der Waals surface area contributed by atoms with Crippen LogP contribution in [0.25, 0.3) is 22.4 Å². The molecule has 1 aliphatic rings. The average Bonchev–Trinajstić information content (AvgIpc) is 3.40. The Balaban J connectivity index is 1.40. The van der Waals surface area contributed by atoms with Crippen LogP contribution >= 0.6 is 23.2 Å². The first kappa shape index (κ1) is 28.5. The number of benzene rings is 2. The molecule has 2 aromatic heterocycles. The van der Waals surface area contributed by atoms with Gasteiger partial charge in [0.25, 0.3) is 0 Å². The molecule has 0 radical (unpaired) electrons. The summed E-state index contributed by atoms with van der Waals surface area (Å²) in [5.74, 6) is -0.345. The van der Waals surface area contributed by atoms with Crippen LogP contribution in [-0.2, 0) is 11.3 Å². The van der Waals surface area contributed by atoms with Gasteiger partial charge < -0.3 is 20.7 Å². The van der Waals surface area contributed by atoms with Crippen molar-refractivity contribution in [2.24, 2.45) is 0 Å². The van der Waals surface area contributed by atoms with Crippen molar-refractivity contribution in [3.63, 3.8) is 0 Å². The number of rotatable bonds is 10. The van der Waals surface area contributed by atoms with Crippen molar-refractivity contribution in [2.45, 2.75) is 25.4 Å². The molecule has 11 heteroatoms. The van der Waals surface area contributed by atoms with Crippen molar-refractivity contribution >= 4 is 46.9 Å². The number of hydrogen-bond acceptors (Lipinski definition) is 7. The van der Waals surface area contributed by atoms with Crippen LogP contribution in [0, 0.1) is 5.82 Å². The van der Waals surface area contributed by atoms with Gasteiger partial charge in [-0.3, -0.25) is 9.59 Å². The van der Waals surface area contributed by atoms with Crippen LogP contribution in [0.1, 0.15) is 28.8 Å². The number of carbonyl (C=O) groups excluding carboxylic acids is 2. The van der Waals surface area contributed by atoms with Gasteiger partial charge >= 0.3 is 0 Å². The lowest BCUT2D eigenvalue weighted by Gasteiger charge is -2.16. The first-order valence-electron chi connectivity index (χ1n) is 12.9. The van der Waals surface area contributed by atoms with Gasteiger partial charge in [-0.15, -0.1) is 0 Å². The fourth-order valence-electron chi connectivity index (χ4n) is 4.68. The zero-order valence-electron chi connectivity index (χ0n) is 22.0. The minimum atomic E-state index is -0.770. The fraction of sp³-hybridized carbons (Fsp3) is 0.200. The molecule has 1 amide bonds. The number of ether oxygens (including phenoxy) is 1. The Kier molecular flexibility index (Phi) is 8.78. The Morgan fingerprint density at radius 2 is 1.83 bits per heavy atom. The minimum absolute atomic E-state index is 0.0825. The second-order valence-electron chi connectivity index (χ2n) is 9.44. The molecule has 1 aliphatic heterocycles. The van der Waals surface area contributed by atoms with Gasteiger partial charge in [-0.25, -0.2) is 14.4 Å². The van der Waals surface area contributed by atoms with Crippen LogP contribution in [0.15, 0.2) is 60.8 Å². The lowest BCUT2D eigenvalue weighted by atomic mass is 10.00. The normalized spacial score (nSPS) is 14.5. The maximum absolute atomic E-state index is 14.6. The van der Waals surface area contributed by atoms with Crippen LogP contribution in [-0.4, -0.2) is 41.9 Å². The van der Waals surface area contributed by atoms with Gasteiger partial charge in [0.2, 0.25) is 11.8 Å². The number of halogens is 3. The van der Waals surface area contributed by atoms with E-state index in [0.717, 1.165) is 12.0 Å². The summed E-state index contributed by atoms with van der Waals surface area (Å²) in [5, 5.41) is 9.90. The highest BCUT2D eigenvalue weighted by atomic mass is 35.5. The van der Waals surface area contributed by atoms with Gasteiger partial charge in [-0.1, -0.05) is 59.6 Å². The number of nitrogens with zero attached hydrogens (tertiary/aromatic N) is 2. The van der Waals surface area contributed by atoms with E-state index >= 15 is 0 Å². The summed E-state index contributed by atoms with van der Waals surface area (Å²) < 4.78 is 20.2. The zero-order valence-corrected chi connectivity index (χ0v) is 23.5. The van der Waals surface area contributed by atoms with Crippen LogP contribution < -0.4 is 20.7 Å². The van der Waals surface area contributed by atoms with Crippen molar-refractivity contribution in [3.05, 3.63) is 87.8 Å². The van der Waals surface area contributed by atoms with Crippen molar-refractivity contribution in [2.75, 3.05) is 19.0 Å². The third-order valence-corrected chi connectivity index (χ3v) is 7.60. The van der Waals surface area contributed by atoms with Crippen LogP contribution in [0.3, 0.4) is 0 Å². The second-order valence-corrected chi connectivity index (χ2v) is 10.2. The van der Waals surface area contributed by atoms with E-state index in [1.54, 1.807) is 25.3 Å². The van der Waals surface area contributed by atoms with Gasteiger partial charge in [-0.05, 0) is 24.6 Å². The second kappa shape index (κ2) is 12.6. The predicted molar refractivity (Wildman–Crippen MR) is 157 cm³/mol. The predicted octanol–water partition coefficient (Wildman–Crippen LogP) is 6.19. The van der Waals surface area contributed by atoms with Crippen molar-refractivity contribution < 1.29 is 18.7 Å². The quantitative estimate of drug-likeness (QED) is 0.188. The largest absolute Gasteiger partial charge is 0.481 e. The zero-order chi connectivity index (χ0) is 28.9. The number of hydrogen-bond donors (Lipinski definition) is 3. The molecular weight excluding hydrogens is 568 g/mol. The smallest absolute Gasteiger partial charge is 0.220 e. The van der Waals surface area contributed by atoms with Crippen molar-refractivity contribution in [1.29, 1.82) is 0 Å². The summed E-state index contributed by atoms with van der Waals surface area (Å²) in [7, 11) is 1.56. The molecule has 8 nitrogen and oxygen atoms in total. The molecule has 0 aliphatic carbocycles. The van der Waals surface area contributed by atoms with Gasteiger partial charge in [0.05, 0.1) is 34.1 Å². The molecule has 0 bridgehead atoms. The molecule has 41 heavy (non-hydrogen) atoms. The molecule has 0 spiro atoms. The molecule has 1 fully saturated rings. The molecule has 0 saturated carbocycles. The first-order valence-corrected chi connectivity index (χ1v) is 13.6. The van der Waals surface area contributed by atoms with E-state index in [4.69, 9.17) is 32.9 Å². The summed E-state index contributed by atoms with van der Waals surface area (Å²) >= 11 is 13.7. The van der Waals surface area contributed by atoms with Gasteiger partial charge in [-0.2, -0.15) is 0 Å². The molecular formula is C30H26Cl2FN5O3. The van der Waals surface area contributed by atoms with E-state index < -0.39 is 5.82 Å². The van der Waals surface area contributed by atoms with Crippen LogP contribution in [0.4, 0.5) is 15.9 Å². The maximum Gasteiger partial charge on any atom is 0.220 e. The third kappa shape index (κ3) is 6.17. The highest BCUT2D eigenvalue weighted by Crippen LogP contribution is 2.42. The topological polar surface area (TPSA) is 105 Å². The van der Waals surface area contributed by atoms with Crippen LogP contribution in [0.5, 0.6) is 5.88 Å². The summed E-state index contributed by atoms with van der Waals surface area (Å²) in [4.78, 5) is 31.2. The van der Waals surface area contributed by atoms with Crippen molar-refractivity contribution in [1.82, 2.24) is 20.6 Å². The highest BCUT2D eigenvalue weighted by Gasteiger charge is 2.21. The van der Waals surface area contributed by atoms with Crippen LogP contribution in [0.2, 0.25) is 10.0 Å². The summed E-state index contributed by atoms with van der Waals surface area (Å²) in [6.45, 7) is 1.18. The van der Waals surface area contributed by atoms with E-state index in [9.17, 15) is 14.0 Å². The molecule has 5 rings (SSSR count). The maximum atomic E-state index is 14.6. The Morgan fingerprint density at radius 1 is 1.07 bits per heavy atom. The highest BCUT2D eigenvalue weighted by molar-refractivity contribution is 6.39. The van der Waals surface area contributed by atoms with E-state index in [0.29, 0.717) is 69.8 Å². The van der Waals surface area contributed by atoms with Gasteiger partial charge in [0, 0.05) is 54.0 Å². The number of methoxy groups -OCH3 is 1. The van der Waals surface area contributed by atoms with E-state index in [1.165, 1.54) is 12.3 Å². The SMILES string of the molecule is COc1nc(-c2cccc(-c3cccc(Nc4nccc(C=O)c4F)c3Cl)c2Cl)ccc1CNC[C@@H]1CCC(=O)N1. The molecule has 1 atom stereocenters. The molecule has 1 saturated heterocycles. The number of aromatic nitrogens is 2. The molecule has 210 valence electrons. The number of amides is 1. The summed E-state index contributed by atoms with van der Waals surface area (Å²) in [6, 6.07) is 16.0. The monoisotopic (exact) mass is 593 g/mol. The minimum Gasteiger partial charge on any atom is -0.481 e. The summed E-state index contributed by atoms with van der Waals surface area (Å²) in [5.41, 5.74) is 3.71. The van der Waals surface area contributed by atoms with E-state index in [1.807, 2.05) is 30.3 Å². The van der Waals surface area contributed by atoms with Gasteiger partial charge in [0.15, 0.2) is 17.9 Å².